The van der Waals surface area contributed by atoms with E-state index in [0.29, 0.717) is 25.9 Å². The third-order valence-corrected chi connectivity index (χ3v) is 5.40. The smallest absolute Gasteiger partial charge is 0.305 e. The Labute approximate surface area is 194 Å². The van der Waals surface area contributed by atoms with Gasteiger partial charge in [-0.25, -0.2) is 0 Å². The second kappa shape index (κ2) is 23.2. The van der Waals surface area contributed by atoms with Gasteiger partial charge in [0.25, 0.3) is 0 Å². The average molecular weight is 468 g/mol. The van der Waals surface area contributed by atoms with E-state index < -0.39 is 4.84 Å². The average Bonchev–Trinajstić information content (AvgIpc) is 2.72. The Kier molecular flexibility index (Phi) is 22.8. The van der Waals surface area contributed by atoms with E-state index in [1.165, 1.54) is 77.0 Å². The van der Waals surface area contributed by atoms with Crippen molar-refractivity contribution in [2.24, 2.45) is 0 Å². The zero-order valence-electron chi connectivity index (χ0n) is 19.1. The highest BCUT2D eigenvalue weighted by Crippen LogP contribution is 2.13. The molecule has 178 valence electrons. The van der Waals surface area contributed by atoms with Crippen molar-refractivity contribution in [2.45, 2.75) is 127 Å². The van der Waals surface area contributed by atoms with Crippen molar-refractivity contribution in [3.8, 4) is 0 Å². The maximum Gasteiger partial charge on any atom is 0.305 e. The molecule has 4 nitrogen and oxygen atoms in total. The summed E-state index contributed by atoms with van der Waals surface area (Å²) in [4.78, 5) is 22.3. The summed E-state index contributed by atoms with van der Waals surface area (Å²) in [5.41, 5.74) is 0. The zero-order valence-corrected chi connectivity index (χ0v) is 20.6. The summed E-state index contributed by atoms with van der Waals surface area (Å²) in [6.07, 6.45) is 20.2. The lowest BCUT2D eigenvalue weighted by Crippen LogP contribution is -2.10. The molecule has 0 amide bonds. The molecule has 0 rings (SSSR count). The fraction of sp³-hybridized carbons (Fsp3) is 0.917. The Bertz CT molecular complexity index is 403. The molecule has 0 aliphatic heterocycles. The minimum Gasteiger partial charge on any atom is -0.466 e. The number of hydrogen-bond donors (Lipinski definition) is 0. The summed E-state index contributed by atoms with van der Waals surface area (Å²) in [5.74, 6) is -0.517. The number of alkyl halides is 2. The van der Waals surface area contributed by atoms with Crippen LogP contribution in [0.5, 0.6) is 0 Å². The third-order valence-electron chi connectivity index (χ3n) is 5.14. The highest BCUT2D eigenvalue weighted by molar-refractivity contribution is 6.44. The predicted octanol–water partition coefficient (Wildman–Crippen LogP) is 7.92. The Morgan fingerprint density at radius 2 is 1.00 bits per heavy atom. The fourth-order valence-electron chi connectivity index (χ4n) is 3.32. The van der Waals surface area contributed by atoms with Gasteiger partial charge in [-0.1, -0.05) is 90.4 Å². The van der Waals surface area contributed by atoms with Gasteiger partial charge in [-0.2, -0.15) is 0 Å². The molecule has 0 aromatic heterocycles. The van der Waals surface area contributed by atoms with Crippen LogP contribution in [0.15, 0.2) is 0 Å². The van der Waals surface area contributed by atoms with Crippen molar-refractivity contribution in [1.29, 1.82) is 0 Å². The van der Waals surface area contributed by atoms with E-state index in [0.717, 1.165) is 12.8 Å². The molecule has 0 aromatic carbocycles. The highest BCUT2D eigenvalue weighted by atomic mass is 35.5. The van der Waals surface area contributed by atoms with Crippen LogP contribution in [0.2, 0.25) is 0 Å². The largest absolute Gasteiger partial charge is 0.466 e. The number of esters is 2. The number of rotatable bonds is 22. The monoisotopic (exact) mass is 466 g/mol. The standard InChI is InChI=1S/C24H44Cl2O4/c1-2-3-4-5-6-7-8-9-10-11-12-13-14-17-20-29-23(27)18-15-16-19-24(28)30-21-22(25)26/h22H,2-21H2,1H3. The molecular formula is C24H44Cl2O4. The Hall–Kier alpha value is -0.480. The topological polar surface area (TPSA) is 52.6 Å². The molecule has 0 bridgehead atoms. The Morgan fingerprint density at radius 3 is 1.43 bits per heavy atom. The first-order valence-corrected chi connectivity index (χ1v) is 13.0. The first-order valence-electron chi connectivity index (χ1n) is 12.2. The lowest BCUT2D eigenvalue weighted by Gasteiger charge is -2.06. The Morgan fingerprint density at radius 1 is 0.600 bits per heavy atom. The normalized spacial score (nSPS) is 11.1. The zero-order chi connectivity index (χ0) is 22.3. The van der Waals surface area contributed by atoms with Crippen LogP contribution >= 0.6 is 23.2 Å². The summed E-state index contributed by atoms with van der Waals surface area (Å²) in [6.45, 7) is 2.77. The van der Waals surface area contributed by atoms with Gasteiger partial charge in [0.15, 0.2) is 0 Å². The molecule has 6 heteroatoms. The molecule has 0 fully saturated rings. The second-order valence-corrected chi connectivity index (χ2v) is 9.37. The summed E-state index contributed by atoms with van der Waals surface area (Å²) < 4.78 is 10.1. The SMILES string of the molecule is CCCCCCCCCCCCCCCCOC(=O)CCCCC(=O)OCC(Cl)Cl. The van der Waals surface area contributed by atoms with Crippen molar-refractivity contribution >= 4 is 35.1 Å². The molecule has 0 radical (unpaired) electrons. The molecular weight excluding hydrogens is 423 g/mol. The predicted molar refractivity (Wildman–Crippen MR) is 126 cm³/mol. The number of unbranched alkanes of at least 4 members (excludes halogenated alkanes) is 14. The first kappa shape index (κ1) is 29.5. The number of carbonyl (C=O) groups excluding carboxylic acids is 2. The quantitative estimate of drug-likeness (QED) is 0.0922. The van der Waals surface area contributed by atoms with E-state index in [-0.39, 0.29) is 25.0 Å². The van der Waals surface area contributed by atoms with Crippen LogP contribution in [0.3, 0.4) is 0 Å². The molecule has 30 heavy (non-hydrogen) atoms. The van der Waals surface area contributed by atoms with Gasteiger partial charge in [0.05, 0.1) is 6.61 Å². The number of ether oxygens (including phenoxy) is 2. The van der Waals surface area contributed by atoms with E-state index in [2.05, 4.69) is 6.92 Å². The number of carbonyl (C=O) groups is 2. The number of halogens is 2. The lowest BCUT2D eigenvalue weighted by atomic mass is 10.0. The van der Waals surface area contributed by atoms with Crippen LogP contribution in [0.1, 0.15) is 122 Å². The van der Waals surface area contributed by atoms with Crippen molar-refractivity contribution < 1.29 is 19.1 Å². The van der Waals surface area contributed by atoms with Crippen molar-refractivity contribution in [3.05, 3.63) is 0 Å². The molecule has 0 N–H and O–H groups in total. The summed E-state index contributed by atoms with van der Waals surface area (Å²) in [7, 11) is 0. The molecule has 0 saturated heterocycles. The molecule has 0 aromatic rings. The van der Waals surface area contributed by atoms with E-state index in [4.69, 9.17) is 32.7 Å². The lowest BCUT2D eigenvalue weighted by molar-refractivity contribution is -0.145. The van der Waals surface area contributed by atoms with E-state index >= 15 is 0 Å². The van der Waals surface area contributed by atoms with Gasteiger partial charge in [0, 0.05) is 12.8 Å². The summed E-state index contributed by atoms with van der Waals surface area (Å²) >= 11 is 11.0. The number of hydrogen-bond acceptors (Lipinski definition) is 4. The molecule has 0 unspecified atom stereocenters. The molecule has 0 spiro atoms. The molecule has 0 aliphatic rings. The van der Waals surface area contributed by atoms with Gasteiger partial charge in [0.2, 0.25) is 0 Å². The summed E-state index contributed by atoms with van der Waals surface area (Å²) in [6, 6.07) is 0. The van der Waals surface area contributed by atoms with E-state index in [1.807, 2.05) is 0 Å². The highest BCUT2D eigenvalue weighted by Gasteiger charge is 2.08. The maximum absolute atomic E-state index is 11.7. The van der Waals surface area contributed by atoms with E-state index in [9.17, 15) is 9.59 Å². The van der Waals surface area contributed by atoms with Crippen LogP contribution in [0.25, 0.3) is 0 Å². The second-order valence-electron chi connectivity index (χ2n) is 8.10. The van der Waals surface area contributed by atoms with Gasteiger partial charge >= 0.3 is 11.9 Å². The first-order chi connectivity index (χ1) is 14.6. The van der Waals surface area contributed by atoms with Crippen LogP contribution in [0, 0.1) is 0 Å². The van der Waals surface area contributed by atoms with Gasteiger partial charge in [0.1, 0.15) is 11.4 Å². The summed E-state index contributed by atoms with van der Waals surface area (Å²) in [5, 5.41) is 0. The third kappa shape index (κ3) is 23.8. The maximum atomic E-state index is 11.7. The van der Waals surface area contributed by atoms with E-state index in [1.54, 1.807) is 0 Å². The van der Waals surface area contributed by atoms with Crippen LogP contribution < -0.4 is 0 Å². The minimum absolute atomic E-state index is 0.00315. The minimum atomic E-state index is -0.696. The molecule has 0 saturated carbocycles. The fourth-order valence-corrected chi connectivity index (χ4v) is 3.45. The molecule has 0 heterocycles. The van der Waals surface area contributed by atoms with Gasteiger partial charge in [-0.3, -0.25) is 9.59 Å². The van der Waals surface area contributed by atoms with Crippen molar-refractivity contribution in [2.75, 3.05) is 13.2 Å². The van der Waals surface area contributed by atoms with Gasteiger partial charge in [-0.15, -0.1) is 23.2 Å². The van der Waals surface area contributed by atoms with Crippen molar-refractivity contribution in [1.82, 2.24) is 0 Å². The molecule has 0 aliphatic carbocycles. The van der Waals surface area contributed by atoms with Gasteiger partial charge in [-0.05, 0) is 19.3 Å². The van der Waals surface area contributed by atoms with Crippen LogP contribution in [-0.2, 0) is 19.1 Å². The van der Waals surface area contributed by atoms with Crippen LogP contribution in [0.4, 0.5) is 0 Å². The van der Waals surface area contributed by atoms with Gasteiger partial charge < -0.3 is 9.47 Å². The Balaban J connectivity index is 3.24. The van der Waals surface area contributed by atoms with Crippen LogP contribution in [-0.4, -0.2) is 30.0 Å². The molecule has 0 atom stereocenters. The van der Waals surface area contributed by atoms with Crippen molar-refractivity contribution in [3.63, 3.8) is 0 Å².